The van der Waals surface area contributed by atoms with Crippen molar-refractivity contribution < 1.29 is 18.3 Å². The third-order valence-corrected chi connectivity index (χ3v) is 4.11. The number of aromatic carboxylic acids is 1. The molecule has 2 rings (SSSR count). The second-order valence-corrected chi connectivity index (χ2v) is 5.67. The lowest BCUT2D eigenvalue weighted by Crippen LogP contribution is -2.22. The van der Waals surface area contributed by atoms with E-state index in [0.717, 1.165) is 6.07 Å². The Balaban J connectivity index is 2.45. The molecule has 6 nitrogen and oxygen atoms in total. The quantitative estimate of drug-likeness (QED) is 0.900. The van der Waals surface area contributed by atoms with Crippen molar-refractivity contribution >= 4 is 27.6 Å². The number of nitrogens with zero attached hydrogens (tertiary/aromatic N) is 1. The molecule has 2 aromatic rings. The van der Waals surface area contributed by atoms with Crippen LogP contribution in [0.5, 0.6) is 0 Å². The maximum absolute atomic E-state index is 12.1. The number of carboxylic acids is 1. The minimum Gasteiger partial charge on any atom is -0.478 e. The molecule has 0 saturated heterocycles. The summed E-state index contributed by atoms with van der Waals surface area (Å²) in [6, 6.07) is 6.75. The minimum atomic E-state index is -3.95. The van der Waals surface area contributed by atoms with E-state index in [1.807, 2.05) is 0 Å². The molecule has 0 bridgehead atoms. The molecule has 8 heteroatoms. The van der Waals surface area contributed by atoms with Crippen molar-refractivity contribution in [2.45, 2.75) is 4.90 Å². The number of halogens is 1. The average Bonchev–Trinajstić information content (AvgIpc) is 2.81. The summed E-state index contributed by atoms with van der Waals surface area (Å²) in [5, 5.41) is 8.81. The molecule has 0 aliphatic carbocycles. The highest BCUT2D eigenvalue weighted by molar-refractivity contribution is 7.92. The Morgan fingerprint density at radius 3 is 2.47 bits per heavy atom. The number of sulfonamides is 1. The van der Waals surface area contributed by atoms with E-state index in [1.54, 1.807) is 12.1 Å². The molecule has 1 aromatic carbocycles. The van der Waals surface area contributed by atoms with E-state index < -0.39 is 16.0 Å². The Morgan fingerprint density at radius 2 is 1.89 bits per heavy atom. The van der Waals surface area contributed by atoms with Gasteiger partial charge in [-0.2, -0.15) is 8.42 Å². The van der Waals surface area contributed by atoms with Crippen LogP contribution >= 0.6 is 11.6 Å². The summed E-state index contributed by atoms with van der Waals surface area (Å²) in [7, 11) is -3.95. The zero-order valence-corrected chi connectivity index (χ0v) is 11.0. The van der Waals surface area contributed by atoms with Gasteiger partial charge in [-0.1, -0.05) is 11.6 Å². The highest BCUT2D eigenvalue weighted by Gasteiger charge is 2.20. The minimum absolute atomic E-state index is 0.0512. The average molecular weight is 301 g/mol. The van der Waals surface area contributed by atoms with Gasteiger partial charge in [0.25, 0.3) is 10.0 Å². The van der Waals surface area contributed by atoms with Crippen molar-refractivity contribution in [3.8, 4) is 0 Å². The number of carboxylic acid groups (broad SMARTS) is 1. The molecule has 0 radical (unpaired) electrons. The van der Waals surface area contributed by atoms with Gasteiger partial charge in [-0.3, -0.25) is 4.68 Å². The molecule has 0 spiro atoms. The summed E-state index contributed by atoms with van der Waals surface area (Å²) in [5.74, 6) is -1.23. The predicted octanol–water partition coefficient (Wildman–Crippen LogP) is 1.77. The van der Waals surface area contributed by atoms with E-state index in [4.69, 9.17) is 16.7 Å². The molecule has 0 atom stereocenters. The van der Waals surface area contributed by atoms with Crippen LogP contribution in [0.25, 0.3) is 0 Å². The lowest BCUT2D eigenvalue weighted by atomic mass is 10.2. The van der Waals surface area contributed by atoms with Crippen LogP contribution in [-0.2, 0) is 10.0 Å². The summed E-state index contributed by atoms with van der Waals surface area (Å²) < 4.78 is 25.4. The fourth-order valence-corrected chi connectivity index (χ4v) is 2.95. The number of hydrogen-bond acceptors (Lipinski definition) is 3. The highest BCUT2D eigenvalue weighted by Crippen LogP contribution is 2.23. The zero-order valence-electron chi connectivity index (χ0n) is 9.45. The fraction of sp³-hybridized carbons (Fsp3) is 0. The van der Waals surface area contributed by atoms with Crippen molar-refractivity contribution in [2.75, 3.05) is 4.83 Å². The van der Waals surface area contributed by atoms with E-state index in [9.17, 15) is 13.2 Å². The lowest BCUT2D eigenvalue weighted by Gasteiger charge is -2.10. The van der Waals surface area contributed by atoms with Gasteiger partial charge in [0, 0.05) is 12.4 Å². The van der Waals surface area contributed by atoms with Gasteiger partial charge in [0.2, 0.25) is 0 Å². The van der Waals surface area contributed by atoms with Crippen molar-refractivity contribution in [3.05, 3.63) is 53.3 Å². The van der Waals surface area contributed by atoms with Crippen molar-refractivity contribution in [2.24, 2.45) is 0 Å². The van der Waals surface area contributed by atoms with Gasteiger partial charge in [0.15, 0.2) is 0 Å². The van der Waals surface area contributed by atoms with Crippen LogP contribution in [0.2, 0.25) is 5.02 Å². The summed E-state index contributed by atoms with van der Waals surface area (Å²) in [4.78, 5) is 12.8. The maximum atomic E-state index is 12.1. The molecule has 0 aliphatic rings. The van der Waals surface area contributed by atoms with Gasteiger partial charge >= 0.3 is 5.97 Å². The Bertz CT molecular complexity index is 710. The van der Waals surface area contributed by atoms with Gasteiger partial charge in [0.05, 0.1) is 10.6 Å². The smallest absolute Gasteiger partial charge is 0.335 e. The topological polar surface area (TPSA) is 88.4 Å². The summed E-state index contributed by atoms with van der Waals surface area (Å²) >= 11 is 5.80. The van der Waals surface area contributed by atoms with Gasteiger partial charge in [0.1, 0.15) is 4.90 Å². The Hall–Kier alpha value is -1.99. The second kappa shape index (κ2) is 4.94. The number of hydrogen-bond donors (Lipinski definition) is 2. The van der Waals surface area contributed by atoms with E-state index in [0.29, 0.717) is 0 Å². The van der Waals surface area contributed by atoms with Crippen LogP contribution < -0.4 is 4.83 Å². The van der Waals surface area contributed by atoms with Gasteiger partial charge in [-0.25, -0.2) is 9.63 Å². The SMILES string of the molecule is O=C(O)c1ccc(Cl)c(S(=O)(=O)Nn2cccc2)c1. The molecule has 0 fully saturated rings. The standard InChI is InChI=1S/C11H9ClN2O4S/c12-9-4-3-8(11(15)16)7-10(9)19(17,18)13-14-5-1-2-6-14/h1-7,13H,(H,15,16). The summed E-state index contributed by atoms with van der Waals surface area (Å²) in [6.45, 7) is 0. The zero-order chi connectivity index (χ0) is 14.0. The fourth-order valence-electron chi connectivity index (χ4n) is 1.43. The third kappa shape index (κ3) is 2.88. The molecular weight excluding hydrogens is 292 g/mol. The first-order valence-electron chi connectivity index (χ1n) is 5.09. The second-order valence-electron chi connectivity index (χ2n) is 3.64. The third-order valence-electron chi connectivity index (χ3n) is 2.30. The van der Waals surface area contributed by atoms with Crippen LogP contribution in [0.15, 0.2) is 47.6 Å². The monoisotopic (exact) mass is 300 g/mol. The molecule has 100 valence electrons. The number of nitrogens with one attached hydrogen (secondary N) is 1. The predicted molar refractivity (Wildman–Crippen MR) is 69.4 cm³/mol. The molecule has 19 heavy (non-hydrogen) atoms. The van der Waals surface area contributed by atoms with Gasteiger partial charge in [-0.05, 0) is 30.3 Å². The largest absolute Gasteiger partial charge is 0.478 e. The van der Waals surface area contributed by atoms with Gasteiger partial charge < -0.3 is 5.11 Å². The van der Waals surface area contributed by atoms with E-state index in [-0.39, 0.29) is 15.5 Å². The van der Waals surface area contributed by atoms with Crippen LogP contribution in [0.4, 0.5) is 0 Å². The van der Waals surface area contributed by atoms with E-state index in [2.05, 4.69) is 4.83 Å². The molecule has 2 N–H and O–H groups in total. The maximum Gasteiger partial charge on any atom is 0.335 e. The highest BCUT2D eigenvalue weighted by atomic mass is 35.5. The molecule has 1 heterocycles. The molecule has 0 unspecified atom stereocenters. The van der Waals surface area contributed by atoms with Crippen molar-refractivity contribution in [3.63, 3.8) is 0 Å². The summed E-state index contributed by atoms with van der Waals surface area (Å²) in [6.07, 6.45) is 2.99. The van der Waals surface area contributed by atoms with Crippen molar-refractivity contribution in [1.82, 2.24) is 4.68 Å². The number of rotatable bonds is 4. The normalized spacial score (nSPS) is 11.2. The summed E-state index contributed by atoms with van der Waals surface area (Å²) in [5.41, 5.74) is -0.155. The first-order valence-corrected chi connectivity index (χ1v) is 6.95. The Kier molecular flexibility index (Phi) is 3.50. The Morgan fingerprint density at radius 1 is 1.26 bits per heavy atom. The van der Waals surface area contributed by atoms with Crippen molar-refractivity contribution in [1.29, 1.82) is 0 Å². The van der Waals surface area contributed by atoms with E-state index in [1.165, 1.54) is 29.2 Å². The number of aromatic nitrogens is 1. The molecule has 0 saturated carbocycles. The Labute approximate surface area is 114 Å². The van der Waals surface area contributed by atoms with Crippen LogP contribution in [0.3, 0.4) is 0 Å². The van der Waals surface area contributed by atoms with Crippen LogP contribution in [0.1, 0.15) is 10.4 Å². The van der Waals surface area contributed by atoms with Gasteiger partial charge in [-0.15, -0.1) is 0 Å². The first-order chi connectivity index (χ1) is 8.90. The van der Waals surface area contributed by atoms with Crippen LogP contribution in [-0.4, -0.2) is 24.2 Å². The number of carbonyl (C=O) groups is 1. The molecule has 0 amide bonds. The van der Waals surface area contributed by atoms with E-state index >= 15 is 0 Å². The van der Waals surface area contributed by atoms with Crippen LogP contribution in [0, 0.1) is 0 Å². The lowest BCUT2D eigenvalue weighted by molar-refractivity contribution is 0.0696. The molecular formula is C11H9ClN2O4S. The first kappa shape index (κ1) is 13.4. The molecule has 1 aromatic heterocycles. The number of benzene rings is 1. The molecule has 0 aliphatic heterocycles.